The molecule has 8 heavy (non-hydrogen) atoms. The maximum Gasteiger partial charge on any atom is -0.0380 e. The van der Waals surface area contributed by atoms with E-state index in [1.165, 1.54) is 25.7 Å². The highest BCUT2D eigenvalue weighted by atomic mass is 14.5. The SMILES string of the molecule is [CH2]C1CCC2CC2C1. The van der Waals surface area contributed by atoms with Crippen molar-refractivity contribution in [3.63, 3.8) is 0 Å². The molecule has 3 atom stereocenters. The van der Waals surface area contributed by atoms with E-state index >= 15 is 0 Å². The quantitative estimate of drug-likeness (QED) is 0.447. The van der Waals surface area contributed by atoms with E-state index < -0.39 is 0 Å². The molecular weight excluding hydrogens is 96.1 g/mol. The van der Waals surface area contributed by atoms with Gasteiger partial charge in [-0.1, -0.05) is 13.3 Å². The monoisotopic (exact) mass is 109 g/mol. The highest BCUT2D eigenvalue weighted by molar-refractivity contribution is 4.92. The van der Waals surface area contributed by atoms with Crippen LogP contribution in [0.5, 0.6) is 0 Å². The molecule has 0 spiro atoms. The van der Waals surface area contributed by atoms with Crippen molar-refractivity contribution in [1.82, 2.24) is 0 Å². The first-order valence-corrected chi connectivity index (χ1v) is 3.69. The first kappa shape index (κ1) is 4.84. The van der Waals surface area contributed by atoms with Gasteiger partial charge in [-0.2, -0.15) is 0 Å². The molecule has 45 valence electrons. The summed E-state index contributed by atoms with van der Waals surface area (Å²) in [6, 6.07) is 0. The van der Waals surface area contributed by atoms with Gasteiger partial charge in [-0.05, 0) is 37.0 Å². The van der Waals surface area contributed by atoms with Crippen molar-refractivity contribution >= 4 is 0 Å². The van der Waals surface area contributed by atoms with Gasteiger partial charge in [0.1, 0.15) is 0 Å². The predicted octanol–water partition coefficient (Wildman–Crippen LogP) is 2.26. The Labute approximate surface area is 51.3 Å². The molecule has 0 heteroatoms. The van der Waals surface area contributed by atoms with Crippen molar-refractivity contribution in [2.75, 3.05) is 0 Å². The first-order chi connectivity index (χ1) is 3.86. The van der Waals surface area contributed by atoms with Gasteiger partial charge in [0.15, 0.2) is 0 Å². The van der Waals surface area contributed by atoms with E-state index in [9.17, 15) is 0 Å². The molecule has 0 aromatic heterocycles. The summed E-state index contributed by atoms with van der Waals surface area (Å²) in [6.45, 7) is 4.07. The van der Waals surface area contributed by atoms with Crippen LogP contribution in [0.3, 0.4) is 0 Å². The molecule has 0 saturated heterocycles. The van der Waals surface area contributed by atoms with Gasteiger partial charge in [0.05, 0.1) is 0 Å². The fourth-order valence-electron chi connectivity index (χ4n) is 1.95. The first-order valence-electron chi connectivity index (χ1n) is 3.69. The summed E-state index contributed by atoms with van der Waals surface area (Å²) in [5.74, 6) is 3.07. The molecular formula is C8H13. The van der Waals surface area contributed by atoms with Crippen LogP contribution in [-0.4, -0.2) is 0 Å². The molecule has 2 rings (SSSR count). The Balaban J connectivity index is 1.93. The minimum absolute atomic E-state index is 0.804. The van der Waals surface area contributed by atoms with Crippen molar-refractivity contribution in [1.29, 1.82) is 0 Å². The van der Waals surface area contributed by atoms with Gasteiger partial charge in [0.2, 0.25) is 0 Å². The second kappa shape index (κ2) is 1.49. The number of rotatable bonds is 0. The standard InChI is InChI=1S/C8H13/c1-6-2-3-7-5-8(7)4-6/h6-8H,1-5H2. The smallest absolute Gasteiger partial charge is 0.0380 e. The summed E-state index contributed by atoms with van der Waals surface area (Å²) in [4.78, 5) is 0. The van der Waals surface area contributed by atoms with E-state index in [-0.39, 0.29) is 0 Å². The van der Waals surface area contributed by atoms with Gasteiger partial charge in [-0.25, -0.2) is 0 Å². The molecule has 0 N–H and O–H groups in total. The molecule has 0 nitrogen and oxygen atoms in total. The van der Waals surface area contributed by atoms with Crippen LogP contribution in [0.25, 0.3) is 0 Å². The van der Waals surface area contributed by atoms with Crippen LogP contribution >= 0.6 is 0 Å². The molecule has 2 aliphatic carbocycles. The van der Waals surface area contributed by atoms with E-state index in [2.05, 4.69) is 6.92 Å². The minimum atomic E-state index is 0.804. The van der Waals surface area contributed by atoms with Gasteiger partial charge in [-0.3, -0.25) is 0 Å². The van der Waals surface area contributed by atoms with Crippen LogP contribution in [0, 0.1) is 24.7 Å². The van der Waals surface area contributed by atoms with E-state index in [1.807, 2.05) is 0 Å². The lowest BCUT2D eigenvalue weighted by molar-refractivity contribution is 0.398. The average molecular weight is 109 g/mol. The highest BCUT2D eigenvalue weighted by Crippen LogP contribution is 2.50. The van der Waals surface area contributed by atoms with E-state index in [1.54, 1.807) is 0 Å². The summed E-state index contributed by atoms with van der Waals surface area (Å²) in [5, 5.41) is 0. The van der Waals surface area contributed by atoms with Gasteiger partial charge >= 0.3 is 0 Å². The zero-order valence-electron chi connectivity index (χ0n) is 5.27. The highest BCUT2D eigenvalue weighted by Gasteiger charge is 2.40. The van der Waals surface area contributed by atoms with Crippen LogP contribution in [0.1, 0.15) is 25.7 Å². The van der Waals surface area contributed by atoms with Crippen molar-refractivity contribution in [2.24, 2.45) is 17.8 Å². The van der Waals surface area contributed by atoms with Gasteiger partial charge in [0, 0.05) is 0 Å². The second-order valence-electron chi connectivity index (χ2n) is 3.43. The van der Waals surface area contributed by atoms with Crippen molar-refractivity contribution in [2.45, 2.75) is 25.7 Å². The Bertz CT molecular complexity index is 96.2. The topological polar surface area (TPSA) is 0 Å². The second-order valence-corrected chi connectivity index (χ2v) is 3.43. The van der Waals surface area contributed by atoms with Gasteiger partial charge < -0.3 is 0 Å². The third kappa shape index (κ3) is 0.667. The molecule has 0 aromatic carbocycles. The van der Waals surface area contributed by atoms with E-state index in [4.69, 9.17) is 0 Å². The summed E-state index contributed by atoms with van der Waals surface area (Å²) >= 11 is 0. The summed E-state index contributed by atoms with van der Waals surface area (Å²) in [6.07, 6.45) is 5.86. The van der Waals surface area contributed by atoms with Crippen LogP contribution in [0.15, 0.2) is 0 Å². The number of hydrogen-bond donors (Lipinski definition) is 0. The zero-order chi connectivity index (χ0) is 5.56. The normalized spacial score (nSPS) is 52.9. The Kier molecular flexibility index (Phi) is 0.902. The predicted molar refractivity (Wildman–Crippen MR) is 34.3 cm³/mol. The molecule has 2 fully saturated rings. The average Bonchev–Trinajstić information content (AvgIpc) is 2.43. The number of fused-ring (bicyclic) bond motifs is 1. The largest absolute Gasteiger partial charge is 0.0502 e. The Morgan fingerprint density at radius 2 is 1.88 bits per heavy atom. The lowest BCUT2D eigenvalue weighted by atomic mass is 9.91. The molecule has 0 aliphatic heterocycles. The van der Waals surface area contributed by atoms with Gasteiger partial charge in [-0.15, -0.1) is 0 Å². The van der Waals surface area contributed by atoms with Crippen LogP contribution in [0.4, 0.5) is 0 Å². The van der Waals surface area contributed by atoms with Crippen molar-refractivity contribution in [3.05, 3.63) is 6.92 Å². The summed E-state index contributed by atoms with van der Waals surface area (Å²) in [7, 11) is 0. The molecule has 1 radical (unpaired) electrons. The van der Waals surface area contributed by atoms with E-state index in [0.29, 0.717) is 0 Å². The third-order valence-electron chi connectivity index (χ3n) is 2.65. The lowest BCUT2D eigenvalue weighted by Gasteiger charge is -2.14. The molecule has 2 saturated carbocycles. The minimum Gasteiger partial charge on any atom is -0.0502 e. The van der Waals surface area contributed by atoms with Crippen LogP contribution in [0.2, 0.25) is 0 Å². The fraction of sp³-hybridized carbons (Fsp3) is 0.875. The maximum absolute atomic E-state index is 4.07. The molecule has 2 aliphatic rings. The lowest BCUT2D eigenvalue weighted by Crippen LogP contribution is -2.03. The Hall–Kier alpha value is 0. The number of hydrogen-bond acceptors (Lipinski definition) is 0. The van der Waals surface area contributed by atoms with Crippen molar-refractivity contribution in [3.8, 4) is 0 Å². The van der Waals surface area contributed by atoms with Gasteiger partial charge in [0.25, 0.3) is 0 Å². The third-order valence-corrected chi connectivity index (χ3v) is 2.65. The van der Waals surface area contributed by atoms with Crippen LogP contribution in [-0.2, 0) is 0 Å². The maximum atomic E-state index is 4.07. The zero-order valence-corrected chi connectivity index (χ0v) is 5.27. The fourth-order valence-corrected chi connectivity index (χ4v) is 1.95. The summed E-state index contributed by atoms with van der Waals surface area (Å²) < 4.78 is 0. The van der Waals surface area contributed by atoms with Crippen LogP contribution < -0.4 is 0 Å². The molecule has 0 aromatic rings. The molecule has 0 amide bonds. The molecule has 3 unspecified atom stereocenters. The Morgan fingerprint density at radius 1 is 1.00 bits per heavy atom. The van der Waals surface area contributed by atoms with Crippen molar-refractivity contribution < 1.29 is 0 Å². The molecule has 0 heterocycles. The Morgan fingerprint density at radius 3 is 2.50 bits per heavy atom. The van der Waals surface area contributed by atoms with E-state index in [0.717, 1.165) is 17.8 Å². The molecule has 0 bridgehead atoms. The summed E-state index contributed by atoms with van der Waals surface area (Å²) in [5.41, 5.74) is 0.